The molecule has 1 saturated carbocycles. The van der Waals surface area contributed by atoms with Crippen LogP contribution in [0.15, 0.2) is 64.1 Å². The summed E-state index contributed by atoms with van der Waals surface area (Å²) >= 11 is 0. The number of benzene rings is 2. The molecule has 1 amide bonds. The van der Waals surface area contributed by atoms with E-state index in [2.05, 4.69) is 5.32 Å². The SMILES string of the molecule is Cl.N=C(N)c1ccc2cc(OC(=O)c3ccc(CNC(=O)CC(CC(=O)O)=C4CCCC4)o3)ccc2c1. The number of halogens is 1. The smallest absolute Gasteiger partial charge is 0.379 e. The van der Waals surface area contributed by atoms with Crippen LogP contribution in [0.2, 0.25) is 0 Å². The Morgan fingerprint density at radius 3 is 2.41 bits per heavy atom. The van der Waals surface area contributed by atoms with Crippen molar-refractivity contribution in [2.45, 2.75) is 45.1 Å². The van der Waals surface area contributed by atoms with Crippen LogP contribution in [-0.4, -0.2) is 28.8 Å². The molecule has 1 aromatic heterocycles. The second-order valence-electron chi connectivity index (χ2n) is 8.73. The van der Waals surface area contributed by atoms with Crippen molar-refractivity contribution in [3.8, 4) is 5.75 Å². The molecule has 194 valence electrons. The summed E-state index contributed by atoms with van der Waals surface area (Å²) in [4.78, 5) is 36.1. The number of nitrogen functional groups attached to an aromatic ring is 1. The van der Waals surface area contributed by atoms with Crippen molar-refractivity contribution in [1.82, 2.24) is 5.32 Å². The van der Waals surface area contributed by atoms with E-state index in [1.165, 1.54) is 6.07 Å². The summed E-state index contributed by atoms with van der Waals surface area (Å²) in [5.74, 6) is -1.25. The number of fused-ring (bicyclic) bond motifs is 1. The Balaban J connectivity index is 0.00000380. The number of esters is 1. The number of nitrogens with one attached hydrogen (secondary N) is 2. The molecule has 0 atom stereocenters. The first-order valence-corrected chi connectivity index (χ1v) is 11.7. The number of hydrogen-bond acceptors (Lipinski definition) is 6. The lowest BCUT2D eigenvalue weighted by atomic mass is 10.00. The maximum Gasteiger partial charge on any atom is 0.379 e. The second-order valence-corrected chi connectivity index (χ2v) is 8.73. The summed E-state index contributed by atoms with van der Waals surface area (Å²) < 4.78 is 11.0. The minimum atomic E-state index is -0.946. The van der Waals surface area contributed by atoms with E-state index >= 15 is 0 Å². The first-order chi connectivity index (χ1) is 17.3. The van der Waals surface area contributed by atoms with E-state index in [0.717, 1.165) is 42.0 Å². The van der Waals surface area contributed by atoms with E-state index in [0.29, 0.717) is 22.6 Å². The third-order valence-corrected chi connectivity index (χ3v) is 6.10. The molecule has 1 heterocycles. The summed E-state index contributed by atoms with van der Waals surface area (Å²) in [6, 6.07) is 13.5. The first kappa shape index (κ1) is 27.5. The molecule has 4 rings (SSSR count). The highest BCUT2D eigenvalue weighted by molar-refractivity contribution is 5.99. The fourth-order valence-corrected chi connectivity index (χ4v) is 4.29. The predicted molar refractivity (Wildman–Crippen MR) is 140 cm³/mol. The van der Waals surface area contributed by atoms with Crippen LogP contribution >= 0.6 is 12.4 Å². The maximum absolute atomic E-state index is 12.5. The number of rotatable bonds is 9. The Morgan fingerprint density at radius 1 is 1.00 bits per heavy atom. The van der Waals surface area contributed by atoms with Gasteiger partial charge in [0.05, 0.1) is 13.0 Å². The van der Waals surface area contributed by atoms with E-state index in [1.54, 1.807) is 42.5 Å². The molecule has 1 fully saturated rings. The van der Waals surface area contributed by atoms with Gasteiger partial charge < -0.3 is 25.3 Å². The molecule has 0 aliphatic heterocycles. The van der Waals surface area contributed by atoms with E-state index in [-0.39, 0.29) is 49.3 Å². The molecule has 0 radical (unpaired) electrons. The summed E-state index contributed by atoms with van der Waals surface area (Å²) in [7, 11) is 0. The van der Waals surface area contributed by atoms with Gasteiger partial charge in [-0.3, -0.25) is 15.0 Å². The number of allylic oxidation sites excluding steroid dienone is 1. The van der Waals surface area contributed by atoms with Crippen molar-refractivity contribution in [3.05, 3.63) is 76.8 Å². The zero-order valence-electron chi connectivity index (χ0n) is 20.0. The number of carbonyl (C=O) groups excluding carboxylic acids is 2. The fraction of sp³-hybridized carbons (Fsp3) is 0.259. The summed E-state index contributed by atoms with van der Waals surface area (Å²) in [6.07, 6.45) is 3.63. The monoisotopic (exact) mass is 525 g/mol. The van der Waals surface area contributed by atoms with Crippen LogP contribution in [0.5, 0.6) is 5.75 Å². The fourth-order valence-electron chi connectivity index (χ4n) is 4.29. The number of hydrogen-bond donors (Lipinski definition) is 4. The average Bonchev–Trinajstić information content (AvgIpc) is 3.54. The molecule has 3 aromatic rings. The van der Waals surface area contributed by atoms with Crippen LogP contribution in [0.1, 0.15) is 60.4 Å². The summed E-state index contributed by atoms with van der Waals surface area (Å²) in [5, 5.41) is 21.1. The van der Waals surface area contributed by atoms with Crippen LogP contribution in [0.4, 0.5) is 0 Å². The summed E-state index contributed by atoms with van der Waals surface area (Å²) in [6.45, 7) is 0.0657. The molecule has 0 spiro atoms. The van der Waals surface area contributed by atoms with Gasteiger partial charge in [-0.1, -0.05) is 29.3 Å². The molecular formula is C27H28ClN3O6. The van der Waals surface area contributed by atoms with Crippen LogP contribution in [-0.2, 0) is 16.1 Å². The number of nitrogens with two attached hydrogens (primary N) is 1. The van der Waals surface area contributed by atoms with E-state index in [4.69, 9.17) is 20.3 Å². The third-order valence-electron chi connectivity index (χ3n) is 6.10. The van der Waals surface area contributed by atoms with Gasteiger partial charge in [0.1, 0.15) is 17.3 Å². The largest absolute Gasteiger partial charge is 0.481 e. The van der Waals surface area contributed by atoms with Gasteiger partial charge in [0.2, 0.25) is 11.7 Å². The third kappa shape index (κ3) is 7.20. The zero-order valence-corrected chi connectivity index (χ0v) is 20.9. The number of amidine groups is 1. The minimum absolute atomic E-state index is 0. The number of furan rings is 1. The molecular weight excluding hydrogens is 498 g/mol. The quantitative estimate of drug-likeness (QED) is 0.104. The first-order valence-electron chi connectivity index (χ1n) is 11.7. The molecule has 10 heteroatoms. The van der Waals surface area contributed by atoms with Crippen LogP contribution < -0.4 is 15.8 Å². The average molecular weight is 526 g/mol. The van der Waals surface area contributed by atoms with E-state index < -0.39 is 11.9 Å². The van der Waals surface area contributed by atoms with Gasteiger partial charge in [-0.15, -0.1) is 12.4 Å². The van der Waals surface area contributed by atoms with Crippen molar-refractivity contribution in [2.75, 3.05) is 0 Å². The van der Waals surface area contributed by atoms with Crippen LogP contribution in [0.3, 0.4) is 0 Å². The Labute approximate surface area is 219 Å². The Bertz CT molecular complexity index is 1370. The highest BCUT2D eigenvalue weighted by Gasteiger charge is 2.19. The van der Waals surface area contributed by atoms with Crippen molar-refractivity contribution in [2.24, 2.45) is 5.73 Å². The highest BCUT2D eigenvalue weighted by Crippen LogP contribution is 2.30. The zero-order chi connectivity index (χ0) is 25.7. The molecule has 37 heavy (non-hydrogen) atoms. The van der Waals surface area contributed by atoms with Gasteiger partial charge >= 0.3 is 11.9 Å². The number of carboxylic acid groups (broad SMARTS) is 1. The molecule has 0 bridgehead atoms. The number of carboxylic acids is 1. The lowest BCUT2D eigenvalue weighted by Crippen LogP contribution is -2.23. The Hall–Kier alpha value is -4.11. The lowest BCUT2D eigenvalue weighted by molar-refractivity contribution is -0.136. The number of aliphatic carboxylic acids is 1. The summed E-state index contributed by atoms with van der Waals surface area (Å²) in [5.41, 5.74) is 7.88. The molecule has 5 N–H and O–H groups in total. The maximum atomic E-state index is 12.5. The van der Waals surface area contributed by atoms with Crippen molar-refractivity contribution in [1.29, 1.82) is 5.41 Å². The Kier molecular flexibility index (Phi) is 9.08. The van der Waals surface area contributed by atoms with Crippen molar-refractivity contribution in [3.63, 3.8) is 0 Å². The van der Waals surface area contributed by atoms with Gasteiger partial charge in [-0.25, -0.2) is 4.79 Å². The second kappa shape index (κ2) is 12.2. The molecule has 0 unspecified atom stereocenters. The molecule has 9 nitrogen and oxygen atoms in total. The highest BCUT2D eigenvalue weighted by atomic mass is 35.5. The number of amides is 1. The van der Waals surface area contributed by atoms with Gasteiger partial charge in [-0.2, -0.15) is 0 Å². The van der Waals surface area contributed by atoms with Crippen LogP contribution in [0.25, 0.3) is 10.8 Å². The van der Waals surface area contributed by atoms with Crippen LogP contribution in [0, 0.1) is 5.41 Å². The molecule has 1 aliphatic carbocycles. The standard InChI is InChI=1S/C27H27N3O6.ClH/c28-26(29)19-6-5-18-12-21(8-7-17(18)11-19)36-27(34)23-10-9-22(35-23)15-30-24(31)13-20(14-25(32)33)16-3-1-2-4-16;/h5-12H,1-4,13-15H2,(H3,28,29)(H,30,31)(H,32,33);1H. The number of ether oxygens (including phenoxy) is 1. The molecule has 0 saturated heterocycles. The Morgan fingerprint density at radius 2 is 1.70 bits per heavy atom. The minimum Gasteiger partial charge on any atom is -0.481 e. The van der Waals surface area contributed by atoms with Crippen molar-refractivity contribution < 1.29 is 28.6 Å². The van der Waals surface area contributed by atoms with E-state index in [1.807, 2.05) is 0 Å². The normalized spacial score (nSPS) is 12.6. The predicted octanol–water partition coefficient (Wildman–Crippen LogP) is 4.71. The van der Waals surface area contributed by atoms with Gasteiger partial charge in [0, 0.05) is 12.0 Å². The van der Waals surface area contributed by atoms with Gasteiger partial charge in [0.15, 0.2) is 0 Å². The van der Waals surface area contributed by atoms with E-state index in [9.17, 15) is 19.5 Å². The topological polar surface area (TPSA) is 156 Å². The molecule has 2 aromatic carbocycles. The van der Waals surface area contributed by atoms with Gasteiger partial charge in [-0.05, 0) is 66.8 Å². The van der Waals surface area contributed by atoms with Gasteiger partial charge in [0.25, 0.3) is 0 Å². The van der Waals surface area contributed by atoms with Crippen molar-refractivity contribution >= 4 is 46.9 Å². The number of carbonyl (C=O) groups is 3. The lowest BCUT2D eigenvalue weighted by Gasteiger charge is -2.10. The molecule has 1 aliphatic rings.